The second-order valence-corrected chi connectivity index (χ2v) is 8.26. The summed E-state index contributed by atoms with van der Waals surface area (Å²) < 4.78 is 0. The highest BCUT2D eigenvalue weighted by atomic mass is 35.5. The van der Waals surface area contributed by atoms with E-state index in [0.717, 1.165) is 41.7 Å². The van der Waals surface area contributed by atoms with Crippen molar-refractivity contribution in [2.75, 3.05) is 13.1 Å². The van der Waals surface area contributed by atoms with E-state index in [9.17, 15) is 4.79 Å². The summed E-state index contributed by atoms with van der Waals surface area (Å²) in [6.07, 6.45) is 4.67. The first-order chi connectivity index (χ1) is 12.1. The number of aryl methyl sites for hydroxylation is 1. The van der Waals surface area contributed by atoms with Crippen LogP contribution in [0.15, 0.2) is 24.3 Å². The highest BCUT2D eigenvalue weighted by molar-refractivity contribution is 6.06. The van der Waals surface area contributed by atoms with Crippen LogP contribution >= 0.6 is 12.4 Å². The average Bonchev–Trinajstić information content (AvgIpc) is 3.28. The molecule has 2 saturated carbocycles. The predicted octanol–water partition coefficient (Wildman–Crippen LogP) is 3.65. The van der Waals surface area contributed by atoms with Crippen molar-refractivity contribution in [2.45, 2.75) is 44.6 Å². The normalized spacial score (nSPS) is 27.5. The number of rotatable bonds is 2. The fourth-order valence-electron chi connectivity index (χ4n) is 4.77. The molecule has 26 heavy (non-hydrogen) atoms. The lowest BCUT2D eigenvalue weighted by molar-refractivity contribution is 0.0781. The number of carbonyl (C=O) groups excluding carboxylic acids is 1. The molecule has 3 unspecified atom stereocenters. The summed E-state index contributed by atoms with van der Waals surface area (Å²) in [6, 6.07) is 8.58. The fraction of sp³-hybridized carbons (Fsp3) is 0.524. The minimum Gasteiger partial charge on any atom is -0.338 e. The van der Waals surface area contributed by atoms with Crippen molar-refractivity contribution in [3.8, 4) is 0 Å². The van der Waals surface area contributed by atoms with Gasteiger partial charge in [0.25, 0.3) is 5.91 Å². The number of benzene rings is 1. The molecule has 138 valence electrons. The molecule has 1 aromatic heterocycles. The molecule has 4 nitrogen and oxygen atoms in total. The minimum atomic E-state index is 0. The van der Waals surface area contributed by atoms with Crippen molar-refractivity contribution in [2.24, 2.45) is 17.6 Å². The first-order valence-electron chi connectivity index (χ1n) is 9.56. The number of carbonyl (C=O) groups is 1. The monoisotopic (exact) mass is 371 g/mol. The Kier molecular flexibility index (Phi) is 4.44. The first kappa shape index (κ1) is 17.7. The molecule has 0 spiro atoms. The van der Waals surface area contributed by atoms with Gasteiger partial charge in [0.05, 0.1) is 11.1 Å². The molecule has 5 heteroatoms. The Morgan fingerprint density at radius 1 is 1.15 bits per heavy atom. The molecule has 1 saturated heterocycles. The average molecular weight is 372 g/mol. The van der Waals surface area contributed by atoms with Crippen LogP contribution in [0.25, 0.3) is 10.9 Å². The number of amides is 1. The van der Waals surface area contributed by atoms with Crippen LogP contribution < -0.4 is 5.73 Å². The maximum Gasteiger partial charge on any atom is 0.254 e. The van der Waals surface area contributed by atoms with E-state index < -0.39 is 0 Å². The van der Waals surface area contributed by atoms with E-state index in [-0.39, 0.29) is 24.4 Å². The Morgan fingerprint density at radius 2 is 1.96 bits per heavy atom. The molecule has 2 aromatic rings. The van der Waals surface area contributed by atoms with Gasteiger partial charge in [0.1, 0.15) is 0 Å². The van der Waals surface area contributed by atoms with Crippen LogP contribution in [0.4, 0.5) is 0 Å². The van der Waals surface area contributed by atoms with E-state index in [0.29, 0.717) is 17.8 Å². The number of nitrogens with zero attached hydrogens (tertiary/aromatic N) is 2. The third kappa shape index (κ3) is 2.89. The molecule has 1 aliphatic heterocycles. The fourth-order valence-corrected chi connectivity index (χ4v) is 4.77. The van der Waals surface area contributed by atoms with Crippen molar-refractivity contribution in [3.63, 3.8) is 0 Å². The zero-order chi connectivity index (χ0) is 17.1. The third-order valence-corrected chi connectivity index (χ3v) is 6.41. The standard InChI is InChI=1S/C21H25N3O.ClH/c1-12-2-7-19-15(8-12)16(9-20(23-19)13-3-4-13)21(25)24-10-14-5-6-18(22)17(14)11-24;/h2,7-9,13-14,17-18H,3-6,10-11,22H2,1H3;1H. The number of hydrogen-bond acceptors (Lipinski definition) is 3. The Hall–Kier alpha value is -1.65. The number of aromatic nitrogens is 1. The molecular formula is C21H26ClN3O. The van der Waals surface area contributed by atoms with Crippen molar-refractivity contribution in [1.29, 1.82) is 0 Å². The van der Waals surface area contributed by atoms with Gasteiger partial charge in [-0.25, -0.2) is 0 Å². The summed E-state index contributed by atoms with van der Waals surface area (Å²) in [5, 5.41) is 0.996. The highest BCUT2D eigenvalue weighted by Crippen LogP contribution is 2.41. The van der Waals surface area contributed by atoms with E-state index in [1.54, 1.807) is 0 Å². The number of pyridine rings is 1. The molecule has 3 aliphatic rings. The lowest BCUT2D eigenvalue weighted by atomic mass is 9.98. The van der Waals surface area contributed by atoms with Gasteiger partial charge in [0.15, 0.2) is 0 Å². The molecule has 1 amide bonds. The first-order valence-corrected chi connectivity index (χ1v) is 9.56. The SMILES string of the molecule is Cc1ccc2nc(C3CC3)cc(C(=O)N3CC4CCC(N)C4C3)c2c1.Cl. The Labute approximate surface area is 160 Å². The molecule has 5 rings (SSSR count). The molecule has 2 aliphatic carbocycles. The molecular weight excluding hydrogens is 346 g/mol. The van der Waals surface area contributed by atoms with Crippen LogP contribution in [0.5, 0.6) is 0 Å². The molecule has 3 fully saturated rings. The second-order valence-electron chi connectivity index (χ2n) is 8.26. The van der Waals surface area contributed by atoms with E-state index in [4.69, 9.17) is 10.7 Å². The van der Waals surface area contributed by atoms with E-state index in [1.807, 2.05) is 4.90 Å². The molecule has 0 bridgehead atoms. The van der Waals surface area contributed by atoms with Gasteiger partial charge in [-0.3, -0.25) is 9.78 Å². The van der Waals surface area contributed by atoms with E-state index in [2.05, 4.69) is 31.2 Å². The maximum absolute atomic E-state index is 13.4. The van der Waals surface area contributed by atoms with Crippen LogP contribution in [0.1, 0.15) is 53.2 Å². The van der Waals surface area contributed by atoms with E-state index in [1.165, 1.54) is 24.8 Å². The molecule has 1 aromatic carbocycles. The van der Waals surface area contributed by atoms with Gasteiger partial charge in [-0.05, 0) is 62.6 Å². The van der Waals surface area contributed by atoms with Crippen molar-refractivity contribution >= 4 is 29.2 Å². The quantitative estimate of drug-likeness (QED) is 0.876. The summed E-state index contributed by atoms with van der Waals surface area (Å²) in [5.41, 5.74) is 10.3. The number of hydrogen-bond donors (Lipinski definition) is 1. The van der Waals surface area contributed by atoms with Crippen molar-refractivity contribution in [3.05, 3.63) is 41.1 Å². The molecule has 2 N–H and O–H groups in total. The summed E-state index contributed by atoms with van der Waals surface area (Å²) in [5.74, 6) is 1.79. The summed E-state index contributed by atoms with van der Waals surface area (Å²) in [7, 11) is 0. The molecule has 3 atom stereocenters. The second kappa shape index (κ2) is 6.50. The summed E-state index contributed by atoms with van der Waals surface area (Å²) >= 11 is 0. The van der Waals surface area contributed by atoms with Gasteiger partial charge >= 0.3 is 0 Å². The number of likely N-dealkylation sites (tertiary alicyclic amines) is 1. The Balaban J connectivity index is 0.00000168. The van der Waals surface area contributed by atoms with Gasteiger partial charge < -0.3 is 10.6 Å². The maximum atomic E-state index is 13.4. The number of halogens is 1. The summed E-state index contributed by atoms with van der Waals surface area (Å²) in [6.45, 7) is 3.76. The Morgan fingerprint density at radius 3 is 2.69 bits per heavy atom. The zero-order valence-electron chi connectivity index (χ0n) is 15.1. The van der Waals surface area contributed by atoms with Crippen molar-refractivity contribution in [1.82, 2.24) is 9.88 Å². The smallest absolute Gasteiger partial charge is 0.254 e. The van der Waals surface area contributed by atoms with Gasteiger partial charge in [-0.2, -0.15) is 0 Å². The third-order valence-electron chi connectivity index (χ3n) is 6.41. The zero-order valence-corrected chi connectivity index (χ0v) is 16.0. The van der Waals surface area contributed by atoms with Crippen LogP contribution in [-0.2, 0) is 0 Å². The lowest BCUT2D eigenvalue weighted by Gasteiger charge is -2.20. The molecule has 2 heterocycles. The molecule has 0 radical (unpaired) electrons. The van der Waals surface area contributed by atoms with Crippen LogP contribution in [-0.4, -0.2) is 34.9 Å². The summed E-state index contributed by atoms with van der Waals surface area (Å²) in [4.78, 5) is 20.2. The minimum absolute atomic E-state index is 0. The number of nitrogens with two attached hydrogens (primary N) is 1. The highest BCUT2D eigenvalue weighted by Gasteiger charge is 2.43. The van der Waals surface area contributed by atoms with Crippen molar-refractivity contribution < 1.29 is 4.79 Å². The van der Waals surface area contributed by atoms with Gasteiger partial charge in [-0.1, -0.05) is 11.6 Å². The predicted molar refractivity (Wildman–Crippen MR) is 106 cm³/mol. The Bertz CT molecular complexity index is 864. The van der Waals surface area contributed by atoms with Crippen LogP contribution in [0, 0.1) is 18.8 Å². The lowest BCUT2D eigenvalue weighted by Crippen LogP contribution is -2.33. The topological polar surface area (TPSA) is 59.2 Å². The van der Waals surface area contributed by atoms with Crippen LogP contribution in [0.2, 0.25) is 0 Å². The van der Waals surface area contributed by atoms with Gasteiger partial charge in [0, 0.05) is 36.1 Å². The van der Waals surface area contributed by atoms with E-state index >= 15 is 0 Å². The largest absolute Gasteiger partial charge is 0.338 e. The number of fused-ring (bicyclic) bond motifs is 2. The van der Waals surface area contributed by atoms with Gasteiger partial charge in [-0.15, -0.1) is 12.4 Å². The van der Waals surface area contributed by atoms with Gasteiger partial charge in [0.2, 0.25) is 0 Å². The van der Waals surface area contributed by atoms with Crippen LogP contribution in [0.3, 0.4) is 0 Å².